The maximum atomic E-state index is 12.6. The number of anilines is 3. The number of aryl methyl sites for hydroxylation is 1. The first-order valence-corrected chi connectivity index (χ1v) is 18.1. The lowest BCUT2D eigenvalue weighted by molar-refractivity contribution is -0.120. The summed E-state index contributed by atoms with van der Waals surface area (Å²) in [6, 6.07) is 7.03. The van der Waals surface area contributed by atoms with Gasteiger partial charge in [-0.1, -0.05) is 12.3 Å². The molecule has 5 N–H and O–H groups in total. The van der Waals surface area contributed by atoms with Gasteiger partial charge in [0.05, 0.1) is 35.4 Å². The third-order valence-electron chi connectivity index (χ3n) is 9.35. The molecule has 1 aliphatic heterocycles. The third-order valence-corrected chi connectivity index (χ3v) is 9.35. The Morgan fingerprint density at radius 2 is 1.64 bits per heavy atom. The molecular formula is C38H41N13O4. The molecule has 0 aliphatic carbocycles. The minimum absolute atomic E-state index is 0.131. The molecule has 5 aromatic heterocycles. The van der Waals surface area contributed by atoms with Gasteiger partial charge in [-0.25, -0.2) is 34.6 Å². The number of unbranched alkanes of at least 4 members (excludes halogenated alkanes) is 2. The van der Waals surface area contributed by atoms with Crippen LogP contribution in [0.1, 0.15) is 48.0 Å². The van der Waals surface area contributed by atoms with Gasteiger partial charge >= 0.3 is 0 Å². The minimum atomic E-state index is -0.294. The van der Waals surface area contributed by atoms with Crippen molar-refractivity contribution in [3.63, 3.8) is 0 Å². The number of aromatic hydroxyl groups is 1. The number of carbonyl (C=O) groups excluding carboxylic acids is 2. The molecule has 6 aromatic rings. The largest absolute Gasteiger partial charge is 0.508 e. The van der Waals surface area contributed by atoms with Crippen molar-refractivity contribution in [1.82, 2.24) is 50.0 Å². The number of aromatic amines is 1. The van der Waals surface area contributed by atoms with Crippen LogP contribution in [0.4, 0.5) is 17.7 Å². The number of H-pyrrole nitrogens is 1. The summed E-state index contributed by atoms with van der Waals surface area (Å²) >= 11 is 0. The molecule has 0 saturated carbocycles. The highest BCUT2D eigenvalue weighted by molar-refractivity contribution is 6.00. The average molecular weight is 744 g/mol. The van der Waals surface area contributed by atoms with Crippen LogP contribution in [-0.2, 0) is 16.1 Å². The molecule has 1 fully saturated rings. The van der Waals surface area contributed by atoms with Crippen molar-refractivity contribution < 1.29 is 19.4 Å². The van der Waals surface area contributed by atoms with Crippen molar-refractivity contribution in [1.29, 1.82) is 0 Å². The van der Waals surface area contributed by atoms with E-state index in [1.807, 2.05) is 16.8 Å². The van der Waals surface area contributed by atoms with E-state index in [-0.39, 0.29) is 24.0 Å². The number of carbonyl (C=O) groups is 2. The number of phenolic OH excluding ortho intramolecular Hbond substituents is 1. The second-order valence-corrected chi connectivity index (χ2v) is 13.1. The molecule has 7 rings (SSSR count). The van der Waals surface area contributed by atoms with Gasteiger partial charge in [0.2, 0.25) is 11.9 Å². The summed E-state index contributed by atoms with van der Waals surface area (Å²) in [6.45, 7) is 4.25. The summed E-state index contributed by atoms with van der Waals surface area (Å²) in [5.74, 6) is 4.07. The van der Waals surface area contributed by atoms with Gasteiger partial charge in [0, 0.05) is 87.8 Å². The van der Waals surface area contributed by atoms with Crippen molar-refractivity contribution in [2.24, 2.45) is 0 Å². The number of rotatable bonds is 16. The summed E-state index contributed by atoms with van der Waals surface area (Å²) in [4.78, 5) is 58.6. The number of amides is 1. The monoisotopic (exact) mass is 743 g/mol. The van der Waals surface area contributed by atoms with Crippen LogP contribution < -0.4 is 20.9 Å². The number of aromatic nitrogens is 9. The fourth-order valence-corrected chi connectivity index (χ4v) is 6.40. The molecule has 55 heavy (non-hydrogen) atoms. The Hall–Kier alpha value is -6.67. The van der Waals surface area contributed by atoms with Gasteiger partial charge in [-0.05, 0) is 37.1 Å². The first-order chi connectivity index (χ1) is 26.9. The first-order valence-electron chi connectivity index (χ1n) is 18.1. The van der Waals surface area contributed by atoms with Crippen molar-refractivity contribution in [3.05, 3.63) is 66.5 Å². The molecular weight excluding hydrogens is 703 g/mol. The van der Waals surface area contributed by atoms with Crippen LogP contribution in [0.15, 0.2) is 55.4 Å². The molecule has 1 saturated heterocycles. The fourth-order valence-electron chi connectivity index (χ4n) is 6.40. The number of fused-ring (bicyclic) bond motifs is 2. The number of terminal acetylenes is 1. The van der Waals surface area contributed by atoms with E-state index < -0.39 is 0 Å². The van der Waals surface area contributed by atoms with Crippen molar-refractivity contribution in [3.8, 4) is 29.5 Å². The van der Waals surface area contributed by atoms with Crippen LogP contribution in [-0.4, -0.2) is 107 Å². The number of hydrogen-bond donors (Lipinski definition) is 4. The quantitative estimate of drug-likeness (QED) is 0.0827. The smallest absolute Gasteiger partial charge is 0.254 e. The number of nitrogens with one attached hydrogen (secondary N) is 2. The van der Waals surface area contributed by atoms with Gasteiger partial charge in [-0.2, -0.15) is 5.10 Å². The highest BCUT2D eigenvalue weighted by Gasteiger charge is 2.22. The second-order valence-electron chi connectivity index (χ2n) is 13.1. The Bertz CT molecular complexity index is 2310. The predicted octanol–water partition coefficient (Wildman–Crippen LogP) is 3.12. The van der Waals surface area contributed by atoms with Crippen molar-refractivity contribution in [2.75, 3.05) is 61.5 Å². The number of piperazine rings is 1. The summed E-state index contributed by atoms with van der Waals surface area (Å²) in [5, 5.41) is 19.0. The number of nitrogens with zero attached hydrogens (tertiary/aromatic N) is 10. The summed E-state index contributed by atoms with van der Waals surface area (Å²) in [7, 11) is 0. The van der Waals surface area contributed by atoms with E-state index in [9.17, 15) is 14.7 Å². The van der Waals surface area contributed by atoms with Crippen molar-refractivity contribution >= 4 is 51.3 Å². The van der Waals surface area contributed by atoms with E-state index in [0.29, 0.717) is 104 Å². The molecule has 282 valence electrons. The second kappa shape index (κ2) is 17.0. The summed E-state index contributed by atoms with van der Waals surface area (Å²) < 4.78 is 7.42. The Balaban J connectivity index is 0.768. The normalized spacial score (nSPS) is 13.0. The fraction of sp³-hybridized carbons (Fsp3) is 0.342. The number of ketones is 1. The van der Waals surface area contributed by atoms with Crippen LogP contribution in [0, 0.1) is 12.3 Å². The maximum Gasteiger partial charge on any atom is 0.254 e. The summed E-state index contributed by atoms with van der Waals surface area (Å²) in [5.41, 5.74) is 10.1. The van der Waals surface area contributed by atoms with Gasteiger partial charge in [0.1, 0.15) is 29.4 Å². The van der Waals surface area contributed by atoms with Gasteiger partial charge in [-0.15, -0.1) is 6.42 Å². The zero-order valence-electron chi connectivity index (χ0n) is 30.2. The molecule has 0 spiro atoms. The molecule has 1 aromatic carbocycles. The highest BCUT2D eigenvalue weighted by atomic mass is 16.5. The average Bonchev–Trinajstić information content (AvgIpc) is 3.81. The SMILES string of the molecule is C#Cc1cnc(N2CCN(c3ncc(C(=O)NCCOCCC(=O)CCCCCn4nc(-c5cc6cc(O)ccc6[nH]5)c5c(N)ncnc54)cn3)CC2)nc1. The minimum Gasteiger partial charge on any atom is -0.508 e. The van der Waals surface area contributed by atoms with Crippen LogP contribution in [0.25, 0.3) is 33.3 Å². The molecule has 0 unspecified atom stereocenters. The van der Waals surface area contributed by atoms with Gasteiger partial charge in [0.25, 0.3) is 5.91 Å². The van der Waals surface area contributed by atoms with E-state index >= 15 is 0 Å². The van der Waals surface area contributed by atoms with E-state index in [2.05, 4.69) is 55.9 Å². The number of benzene rings is 1. The molecule has 17 nitrogen and oxygen atoms in total. The zero-order valence-corrected chi connectivity index (χ0v) is 30.2. The highest BCUT2D eigenvalue weighted by Crippen LogP contribution is 2.32. The molecule has 1 amide bonds. The Labute approximate surface area is 316 Å². The number of hydrogen-bond acceptors (Lipinski definition) is 14. The molecule has 6 heterocycles. The van der Waals surface area contributed by atoms with Gasteiger partial charge < -0.3 is 35.7 Å². The Morgan fingerprint density at radius 3 is 2.36 bits per heavy atom. The van der Waals surface area contributed by atoms with Crippen LogP contribution >= 0.6 is 0 Å². The standard InChI is InChI=1S/C38H41N13O4/c1-2-25-20-41-37(42-21-25)49-12-14-50(15-13-49)38-43-22-27(23-44-38)36(54)40-10-17-55-16-9-28(52)6-4-3-5-11-51-35-32(34(39)45-24-46-35)33(48-51)31-19-26-18-29(53)7-8-30(26)47-31/h1,7-8,18-24,47,53H,3-6,9-17H2,(H,40,54)(H2,39,45,46). The van der Waals surface area contributed by atoms with E-state index in [1.165, 1.54) is 18.7 Å². The Morgan fingerprint density at radius 1 is 0.909 bits per heavy atom. The van der Waals surface area contributed by atoms with Crippen LogP contribution in [0.5, 0.6) is 5.75 Å². The van der Waals surface area contributed by atoms with Crippen LogP contribution in [0.2, 0.25) is 0 Å². The number of nitrogens with two attached hydrogens (primary N) is 1. The van der Waals surface area contributed by atoms with E-state index in [4.69, 9.17) is 22.0 Å². The van der Waals surface area contributed by atoms with Gasteiger partial charge in [0.15, 0.2) is 5.65 Å². The lowest BCUT2D eigenvalue weighted by atomic mass is 10.1. The molecule has 0 atom stereocenters. The molecule has 17 heteroatoms. The van der Waals surface area contributed by atoms with Crippen LogP contribution in [0.3, 0.4) is 0 Å². The molecule has 1 aliphatic rings. The number of ether oxygens (including phenoxy) is 1. The number of phenols is 1. The molecule has 0 radical (unpaired) electrons. The Kier molecular flexibility index (Phi) is 11.3. The van der Waals surface area contributed by atoms with E-state index in [1.54, 1.807) is 24.5 Å². The molecule has 0 bridgehead atoms. The predicted molar refractivity (Wildman–Crippen MR) is 206 cm³/mol. The lowest BCUT2D eigenvalue weighted by Crippen LogP contribution is -2.47. The topological polar surface area (TPSA) is 219 Å². The number of Topliss-reactive ketones (excluding diaryl/α,β-unsaturated/α-hetero) is 1. The van der Waals surface area contributed by atoms with Gasteiger partial charge in [-0.3, -0.25) is 9.59 Å². The zero-order chi connectivity index (χ0) is 38.1. The first kappa shape index (κ1) is 36.7. The summed E-state index contributed by atoms with van der Waals surface area (Å²) in [6.07, 6.45) is 16.3. The van der Waals surface area contributed by atoms with Crippen molar-refractivity contribution in [2.45, 2.75) is 38.6 Å². The number of nitrogen functional groups attached to an aromatic ring is 1. The maximum absolute atomic E-state index is 12.6. The lowest BCUT2D eigenvalue weighted by Gasteiger charge is -2.34. The van der Waals surface area contributed by atoms with E-state index in [0.717, 1.165) is 35.9 Å². The third kappa shape index (κ3) is 8.77.